The molecule has 1 aromatic rings. The van der Waals surface area contributed by atoms with Gasteiger partial charge in [-0.25, -0.2) is 8.42 Å². The van der Waals surface area contributed by atoms with E-state index < -0.39 is 9.84 Å². The number of furan rings is 1. The Morgan fingerprint density at radius 2 is 2.21 bits per heavy atom. The Morgan fingerprint density at radius 1 is 1.37 bits per heavy atom. The van der Waals surface area contributed by atoms with Crippen LogP contribution < -0.4 is 5.32 Å². The third-order valence-corrected chi connectivity index (χ3v) is 5.03. The Kier molecular flexibility index (Phi) is 5.01. The van der Waals surface area contributed by atoms with Gasteiger partial charge in [0, 0.05) is 18.7 Å². The number of nitrogens with one attached hydrogen (secondary N) is 1. The Morgan fingerprint density at radius 3 is 3.00 bits per heavy atom. The molecule has 1 aromatic heterocycles. The molecule has 0 saturated carbocycles. The molecule has 0 amide bonds. The van der Waals surface area contributed by atoms with Gasteiger partial charge in [-0.05, 0) is 25.6 Å². The normalized spacial score (nSPS) is 20.3. The van der Waals surface area contributed by atoms with Gasteiger partial charge in [0.1, 0.15) is 5.76 Å². The number of hydrogen-bond donors (Lipinski definition) is 1. The standard InChI is InChI=1S/C13H22N2O3S/c1-2-14-9-12-8-13(18-11-12)10-15-4-3-6-19(16,17)7-5-15/h8,11,14H,2-7,9-10H2,1H3. The fraction of sp³-hybridized carbons (Fsp3) is 0.692. The summed E-state index contributed by atoms with van der Waals surface area (Å²) >= 11 is 0. The van der Waals surface area contributed by atoms with Crippen molar-refractivity contribution >= 4 is 9.84 Å². The van der Waals surface area contributed by atoms with Crippen LogP contribution in [0.1, 0.15) is 24.7 Å². The second-order valence-electron chi connectivity index (χ2n) is 4.98. The van der Waals surface area contributed by atoms with E-state index in [-0.39, 0.29) is 5.75 Å². The van der Waals surface area contributed by atoms with Gasteiger partial charge >= 0.3 is 0 Å². The van der Waals surface area contributed by atoms with Gasteiger partial charge in [0.15, 0.2) is 9.84 Å². The lowest BCUT2D eigenvalue weighted by Crippen LogP contribution is -2.26. The quantitative estimate of drug-likeness (QED) is 0.875. The number of sulfone groups is 1. The van der Waals surface area contributed by atoms with Gasteiger partial charge in [0.25, 0.3) is 0 Å². The zero-order valence-electron chi connectivity index (χ0n) is 11.4. The van der Waals surface area contributed by atoms with Crippen LogP contribution in [0.2, 0.25) is 0 Å². The molecule has 2 heterocycles. The smallest absolute Gasteiger partial charge is 0.151 e. The molecule has 1 fully saturated rings. The van der Waals surface area contributed by atoms with Crippen molar-refractivity contribution in [3.8, 4) is 0 Å². The van der Waals surface area contributed by atoms with E-state index in [0.29, 0.717) is 25.3 Å². The number of hydrogen-bond acceptors (Lipinski definition) is 5. The maximum atomic E-state index is 11.5. The van der Waals surface area contributed by atoms with E-state index in [9.17, 15) is 8.42 Å². The highest BCUT2D eigenvalue weighted by atomic mass is 32.2. The maximum absolute atomic E-state index is 11.5. The van der Waals surface area contributed by atoms with Crippen molar-refractivity contribution in [3.05, 3.63) is 23.7 Å². The Hall–Kier alpha value is -0.850. The average Bonchev–Trinajstić information content (AvgIpc) is 2.73. The first-order chi connectivity index (χ1) is 9.09. The van der Waals surface area contributed by atoms with Crippen LogP contribution in [-0.2, 0) is 22.9 Å². The minimum atomic E-state index is -2.83. The summed E-state index contributed by atoms with van der Waals surface area (Å²) in [5.74, 6) is 1.48. The van der Waals surface area contributed by atoms with E-state index in [0.717, 1.165) is 31.0 Å². The van der Waals surface area contributed by atoms with E-state index in [2.05, 4.69) is 17.1 Å². The van der Waals surface area contributed by atoms with Gasteiger partial charge in [0.2, 0.25) is 0 Å². The lowest BCUT2D eigenvalue weighted by atomic mass is 10.3. The summed E-state index contributed by atoms with van der Waals surface area (Å²) in [6, 6.07) is 2.04. The Labute approximate surface area is 114 Å². The highest BCUT2D eigenvalue weighted by Crippen LogP contribution is 2.13. The van der Waals surface area contributed by atoms with Crippen LogP contribution in [-0.4, -0.2) is 44.5 Å². The van der Waals surface area contributed by atoms with Crippen LogP contribution >= 0.6 is 0 Å². The molecular formula is C13H22N2O3S. The molecule has 108 valence electrons. The highest BCUT2D eigenvalue weighted by Gasteiger charge is 2.19. The van der Waals surface area contributed by atoms with Crippen LogP contribution in [0.25, 0.3) is 0 Å². The van der Waals surface area contributed by atoms with Gasteiger partial charge in [0.05, 0.1) is 24.3 Å². The van der Waals surface area contributed by atoms with Crippen LogP contribution in [0.4, 0.5) is 0 Å². The summed E-state index contributed by atoms with van der Waals surface area (Å²) in [6.07, 6.45) is 2.49. The topological polar surface area (TPSA) is 62.6 Å². The molecule has 0 unspecified atom stereocenters. The Balaban J connectivity index is 1.88. The van der Waals surface area contributed by atoms with Gasteiger partial charge in [-0.15, -0.1) is 0 Å². The first kappa shape index (κ1) is 14.6. The lowest BCUT2D eigenvalue weighted by molar-refractivity contribution is 0.262. The predicted molar refractivity (Wildman–Crippen MR) is 74.6 cm³/mol. The molecule has 1 saturated heterocycles. The molecule has 19 heavy (non-hydrogen) atoms. The van der Waals surface area contributed by atoms with Crippen LogP contribution in [0.15, 0.2) is 16.7 Å². The minimum absolute atomic E-state index is 0.262. The van der Waals surface area contributed by atoms with Gasteiger partial charge < -0.3 is 9.73 Å². The van der Waals surface area contributed by atoms with Crippen molar-refractivity contribution in [2.24, 2.45) is 0 Å². The van der Waals surface area contributed by atoms with E-state index in [1.807, 2.05) is 6.07 Å². The van der Waals surface area contributed by atoms with Gasteiger partial charge in [-0.2, -0.15) is 0 Å². The molecule has 6 heteroatoms. The molecule has 0 bridgehead atoms. The van der Waals surface area contributed by atoms with Crippen molar-refractivity contribution in [1.82, 2.24) is 10.2 Å². The van der Waals surface area contributed by atoms with E-state index in [4.69, 9.17) is 4.42 Å². The Bertz CT molecular complexity index is 496. The van der Waals surface area contributed by atoms with E-state index in [1.165, 1.54) is 0 Å². The van der Waals surface area contributed by atoms with Gasteiger partial charge in [-0.1, -0.05) is 6.92 Å². The molecule has 0 atom stereocenters. The predicted octanol–water partition coefficient (Wildman–Crippen LogP) is 1.01. The zero-order chi connectivity index (χ0) is 13.7. The van der Waals surface area contributed by atoms with E-state index in [1.54, 1.807) is 6.26 Å². The highest BCUT2D eigenvalue weighted by molar-refractivity contribution is 7.91. The van der Waals surface area contributed by atoms with Gasteiger partial charge in [-0.3, -0.25) is 4.90 Å². The number of nitrogens with zero attached hydrogens (tertiary/aromatic N) is 1. The fourth-order valence-corrected chi connectivity index (χ4v) is 3.55. The zero-order valence-corrected chi connectivity index (χ0v) is 12.2. The molecule has 2 rings (SSSR count). The van der Waals surface area contributed by atoms with Crippen molar-refractivity contribution in [2.45, 2.75) is 26.4 Å². The lowest BCUT2D eigenvalue weighted by Gasteiger charge is -2.17. The minimum Gasteiger partial charge on any atom is -0.468 e. The summed E-state index contributed by atoms with van der Waals surface area (Å²) in [7, 11) is -2.83. The third kappa shape index (κ3) is 4.63. The SMILES string of the molecule is CCNCc1coc(CN2CCCS(=O)(=O)CC2)c1. The molecule has 5 nitrogen and oxygen atoms in total. The van der Waals surface area contributed by atoms with Crippen molar-refractivity contribution in [1.29, 1.82) is 0 Å². The molecular weight excluding hydrogens is 264 g/mol. The monoisotopic (exact) mass is 286 g/mol. The largest absolute Gasteiger partial charge is 0.468 e. The summed E-state index contributed by atoms with van der Waals surface area (Å²) in [4.78, 5) is 2.15. The van der Waals surface area contributed by atoms with Crippen molar-refractivity contribution in [3.63, 3.8) is 0 Å². The first-order valence-corrected chi connectivity index (χ1v) is 8.61. The van der Waals surface area contributed by atoms with Crippen LogP contribution in [0.3, 0.4) is 0 Å². The summed E-state index contributed by atoms with van der Waals surface area (Å²) in [5.41, 5.74) is 1.14. The third-order valence-electron chi connectivity index (χ3n) is 3.31. The second kappa shape index (κ2) is 6.54. The summed E-state index contributed by atoms with van der Waals surface area (Å²) < 4.78 is 28.6. The molecule has 0 aliphatic carbocycles. The van der Waals surface area contributed by atoms with Crippen LogP contribution in [0, 0.1) is 0 Å². The maximum Gasteiger partial charge on any atom is 0.151 e. The summed E-state index contributed by atoms with van der Waals surface area (Å²) in [6.45, 7) is 5.94. The fourth-order valence-electron chi connectivity index (χ4n) is 2.24. The molecule has 0 aromatic carbocycles. The number of rotatable bonds is 5. The molecule has 0 radical (unpaired) electrons. The molecule has 1 N–H and O–H groups in total. The van der Waals surface area contributed by atoms with E-state index >= 15 is 0 Å². The van der Waals surface area contributed by atoms with Crippen molar-refractivity contribution < 1.29 is 12.8 Å². The molecule has 0 spiro atoms. The second-order valence-corrected chi connectivity index (χ2v) is 7.29. The molecule has 1 aliphatic rings. The first-order valence-electron chi connectivity index (χ1n) is 6.79. The molecule has 1 aliphatic heterocycles. The average molecular weight is 286 g/mol. The summed E-state index contributed by atoms with van der Waals surface area (Å²) in [5, 5.41) is 3.25. The van der Waals surface area contributed by atoms with Crippen LogP contribution in [0.5, 0.6) is 0 Å². The van der Waals surface area contributed by atoms with Crippen molar-refractivity contribution in [2.75, 3.05) is 31.1 Å².